The van der Waals surface area contributed by atoms with E-state index in [4.69, 9.17) is 0 Å². The molecule has 0 saturated heterocycles. The number of carboxylic acid groups (broad SMARTS) is 1. The molecule has 1 aliphatic heterocycles. The van der Waals surface area contributed by atoms with Crippen molar-refractivity contribution in [1.29, 1.82) is 0 Å². The molecule has 0 spiro atoms. The third kappa shape index (κ3) is 2.50. The maximum Gasteiger partial charge on any atom is 0.342 e. The zero-order valence-electron chi connectivity index (χ0n) is 11.7. The fourth-order valence-corrected chi connectivity index (χ4v) is 2.77. The Bertz CT molecular complexity index is 758. The van der Waals surface area contributed by atoms with Gasteiger partial charge in [0.25, 0.3) is 5.69 Å². The molecule has 0 fully saturated rings. The van der Waals surface area contributed by atoms with Gasteiger partial charge in [-0.1, -0.05) is 24.3 Å². The lowest BCUT2D eigenvalue weighted by molar-refractivity contribution is -0.385. The minimum absolute atomic E-state index is 0.277. The van der Waals surface area contributed by atoms with Crippen LogP contribution in [-0.2, 0) is 13.0 Å². The Labute approximate surface area is 126 Å². The van der Waals surface area contributed by atoms with Crippen LogP contribution in [0.2, 0.25) is 0 Å². The van der Waals surface area contributed by atoms with E-state index in [0.29, 0.717) is 12.2 Å². The second-order valence-corrected chi connectivity index (χ2v) is 5.20. The van der Waals surface area contributed by atoms with Gasteiger partial charge in [-0.05, 0) is 29.7 Å². The molecule has 2 aromatic carbocycles. The smallest absolute Gasteiger partial charge is 0.342 e. The van der Waals surface area contributed by atoms with Gasteiger partial charge < -0.3 is 10.0 Å². The average Bonchev–Trinajstić information content (AvgIpc) is 2.53. The van der Waals surface area contributed by atoms with Crippen molar-refractivity contribution in [3.8, 4) is 0 Å². The number of fused-ring (bicyclic) bond motifs is 1. The number of carbonyl (C=O) groups is 1. The predicted molar refractivity (Wildman–Crippen MR) is 81.3 cm³/mol. The fourth-order valence-electron chi connectivity index (χ4n) is 2.77. The van der Waals surface area contributed by atoms with Crippen molar-refractivity contribution in [2.75, 3.05) is 11.4 Å². The number of nitro groups is 1. The highest BCUT2D eigenvalue weighted by Crippen LogP contribution is 2.29. The molecule has 0 aliphatic carbocycles. The van der Waals surface area contributed by atoms with E-state index >= 15 is 0 Å². The highest BCUT2D eigenvalue weighted by molar-refractivity contribution is 5.93. The molecule has 0 atom stereocenters. The van der Waals surface area contributed by atoms with E-state index in [1.807, 2.05) is 23.1 Å². The average molecular weight is 298 g/mol. The summed E-state index contributed by atoms with van der Waals surface area (Å²) in [5.74, 6) is -1.29. The van der Waals surface area contributed by atoms with Gasteiger partial charge in [-0.3, -0.25) is 10.1 Å². The number of anilines is 1. The van der Waals surface area contributed by atoms with Crippen molar-refractivity contribution in [2.45, 2.75) is 13.0 Å². The number of rotatable bonds is 3. The van der Waals surface area contributed by atoms with Crippen LogP contribution in [0.15, 0.2) is 42.5 Å². The Balaban J connectivity index is 1.95. The van der Waals surface area contributed by atoms with Crippen molar-refractivity contribution < 1.29 is 14.8 Å². The normalized spacial score (nSPS) is 13.5. The molecule has 6 heteroatoms. The predicted octanol–water partition coefficient (Wildman–Crippen LogP) is 2.86. The lowest BCUT2D eigenvalue weighted by atomic mass is 9.99. The highest BCUT2D eigenvalue weighted by Gasteiger charge is 2.23. The number of hydrogen-bond donors (Lipinski definition) is 1. The molecule has 1 aliphatic rings. The first-order chi connectivity index (χ1) is 10.6. The van der Waals surface area contributed by atoms with Gasteiger partial charge in [0.2, 0.25) is 0 Å². The quantitative estimate of drug-likeness (QED) is 0.695. The minimum atomic E-state index is -1.29. The number of benzene rings is 2. The zero-order chi connectivity index (χ0) is 15.7. The Morgan fingerprint density at radius 3 is 2.59 bits per heavy atom. The van der Waals surface area contributed by atoms with Crippen LogP contribution in [0.5, 0.6) is 0 Å². The summed E-state index contributed by atoms with van der Waals surface area (Å²) in [6, 6.07) is 12.4. The van der Waals surface area contributed by atoms with Crippen LogP contribution < -0.4 is 4.90 Å². The van der Waals surface area contributed by atoms with Crippen LogP contribution in [0, 0.1) is 10.1 Å². The van der Waals surface area contributed by atoms with Gasteiger partial charge in [-0.15, -0.1) is 0 Å². The summed E-state index contributed by atoms with van der Waals surface area (Å²) in [5, 5.41) is 20.1. The molecule has 112 valence electrons. The number of nitro benzene ring substituents is 1. The van der Waals surface area contributed by atoms with Crippen LogP contribution in [0.1, 0.15) is 21.5 Å². The number of aromatic carboxylic acids is 1. The topological polar surface area (TPSA) is 83.7 Å². The lowest BCUT2D eigenvalue weighted by Crippen LogP contribution is -2.30. The summed E-state index contributed by atoms with van der Waals surface area (Å²) in [6.07, 6.45) is 0.871. The molecular formula is C16H14N2O4. The van der Waals surface area contributed by atoms with Gasteiger partial charge in [0.05, 0.1) is 4.92 Å². The summed E-state index contributed by atoms with van der Waals surface area (Å²) in [5.41, 5.74) is 2.52. The van der Waals surface area contributed by atoms with Crippen molar-refractivity contribution in [2.24, 2.45) is 0 Å². The van der Waals surface area contributed by atoms with Crippen LogP contribution in [0.3, 0.4) is 0 Å². The molecular weight excluding hydrogens is 284 g/mol. The molecule has 0 aromatic heterocycles. The van der Waals surface area contributed by atoms with Crippen molar-refractivity contribution in [3.05, 3.63) is 69.3 Å². The van der Waals surface area contributed by atoms with Gasteiger partial charge in [-0.25, -0.2) is 4.79 Å². The first-order valence-corrected chi connectivity index (χ1v) is 6.90. The maximum absolute atomic E-state index is 11.2. The molecule has 3 rings (SSSR count). The van der Waals surface area contributed by atoms with E-state index in [2.05, 4.69) is 6.07 Å². The molecule has 0 saturated carbocycles. The second-order valence-electron chi connectivity index (χ2n) is 5.20. The standard InChI is InChI=1S/C16H14N2O4/c19-16(20)14-9-13(5-6-15(14)18(21)22)17-8-7-11-3-1-2-4-12(11)10-17/h1-6,9H,7-8,10H2,(H,19,20). The van der Waals surface area contributed by atoms with Gasteiger partial charge in [0, 0.05) is 24.8 Å². The van der Waals surface area contributed by atoms with E-state index in [0.717, 1.165) is 13.0 Å². The van der Waals surface area contributed by atoms with E-state index in [9.17, 15) is 20.0 Å². The first kappa shape index (κ1) is 14.1. The molecule has 1 N–H and O–H groups in total. The van der Waals surface area contributed by atoms with Crippen LogP contribution in [-0.4, -0.2) is 22.5 Å². The van der Waals surface area contributed by atoms with E-state index in [-0.39, 0.29) is 11.3 Å². The maximum atomic E-state index is 11.2. The Morgan fingerprint density at radius 1 is 1.18 bits per heavy atom. The van der Waals surface area contributed by atoms with Gasteiger partial charge >= 0.3 is 5.97 Å². The number of hydrogen-bond acceptors (Lipinski definition) is 4. The summed E-state index contributed by atoms with van der Waals surface area (Å²) in [4.78, 5) is 23.5. The SMILES string of the molecule is O=C(O)c1cc(N2CCc3ccccc3C2)ccc1[N+](=O)[O-]. The van der Waals surface area contributed by atoms with Crippen molar-refractivity contribution in [1.82, 2.24) is 0 Å². The lowest BCUT2D eigenvalue weighted by Gasteiger charge is -2.30. The molecule has 0 bridgehead atoms. The Morgan fingerprint density at radius 2 is 1.91 bits per heavy atom. The molecule has 22 heavy (non-hydrogen) atoms. The molecule has 0 unspecified atom stereocenters. The van der Waals surface area contributed by atoms with Crippen molar-refractivity contribution in [3.63, 3.8) is 0 Å². The highest BCUT2D eigenvalue weighted by atomic mass is 16.6. The van der Waals surface area contributed by atoms with Gasteiger partial charge in [0.1, 0.15) is 5.56 Å². The number of nitrogens with zero attached hydrogens (tertiary/aromatic N) is 2. The van der Waals surface area contributed by atoms with Crippen LogP contribution in [0.25, 0.3) is 0 Å². The van der Waals surface area contributed by atoms with Crippen LogP contribution in [0.4, 0.5) is 11.4 Å². The molecule has 2 aromatic rings. The Hall–Kier alpha value is -2.89. The fraction of sp³-hybridized carbons (Fsp3) is 0.188. The summed E-state index contributed by atoms with van der Waals surface area (Å²) < 4.78 is 0. The molecule has 0 radical (unpaired) electrons. The monoisotopic (exact) mass is 298 g/mol. The summed E-state index contributed by atoms with van der Waals surface area (Å²) in [7, 11) is 0. The first-order valence-electron chi connectivity index (χ1n) is 6.90. The third-order valence-corrected chi connectivity index (χ3v) is 3.90. The summed E-state index contributed by atoms with van der Waals surface area (Å²) in [6.45, 7) is 1.43. The molecule has 6 nitrogen and oxygen atoms in total. The molecule has 0 amide bonds. The van der Waals surface area contributed by atoms with Crippen LogP contribution >= 0.6 is 0 Å². The summed E-state index contributed by atoms with van der Waals surface area (Å²) >= 11 is 0. The Kier molecular flexibility index (Phi) is 3.50. The second kappa shape index (κ2) is 5.48. The van der Waals surface area contributed by atoms with Gasteiger partial charge in [-0.2, -0.15) is 0 Å². The minimum Gasteiger partial charge on any atom is -0.477 e. The van der Waals surface area contributed by atoms with Gasteiger partial charge in [0.15, 0.2) is 0 Å². The third-order valence-electron chi connectivity index (χ3n) is 3.90. The van der Waals surface area contributed by atoms with Crippen molar-refractivity contribution >= 4 is 17.3 Å². The number of carboxylic acids is 1. The van der Waals surface area contributed by atoms with E-state index in [1.54, 1.807) is 6.07 Å². The largest absolute Gasteiger partial charge is 0.477 e. The van der Waals surface area contributed by atoms with E-state index < -0.39 is 10.9 Å². The zero-order valence-corrected chi connectivity index (χ0v) is 11.7. The molecule has 1 heterocycles. The van der Waals surface area contributed by atoms with E-state index in [1.165, 1.54) is 23.3 Å².